The molecular weight excluding hydrogens is 342 g/mol. The van der Waals surface area contributed by atoms with Crippen molar-refractivity contribution in [3.05, 3.63) is 65.2 Å². The molecule has 4 amide bonds. The summed E-state index contributed by atoms with van der Waals surface area (Å²) in [7, 11) is 0. The minimum atomic E-state index is -1.17. The van der Waals surface area contributed by atoms with Crippen LogP contribution in [0, 0.1) is 6.92 Å². The van der Waals surface area contributed by atoms with E-state index in [0.29, 0.717) is 11.3 Å². The standard InChI is InChI=1S/C21H23N3O3/c1-4-15-6-5-7-17(12-15)22-18(25)13-24-19(26)21(3,23-20(24)27)16-10-8-14(2)9-11-16/h5-12H,4,13H2,1-3H3,(H,22,25)(H,23,27)/t21-/m1/s1. The molecule has 27 heavy (non-hydrogen) atoms. The molecule has 1 aliphatic heterocycles. The minimum Gasteiger partial charge on any atom is -0.325 e. The zero-order valence-corrected chi connectivity index (χ0v) is 15.7. The van der Waals surface area contributed by atoms with E-state index in [1.807, 2.05) is 56.3 Å². The Morgan fingerprint density at radius 2 is 1.85 bits per heavy atom. The Morgan fingerprint density at radius 1 is 1.15 bits per heavy atom. The van der Waals surface area contributed by atoms with E-state index in [1.165, 1.54) is 0 Å². The van der Waals surface area contributed by atoms with Crippen LogP contribution in [-0.2, 0) is 21.5 Å². The van der Waals surface area contributed by atoms with Crippen LogP contribution in [0.1, 0.15) is 30.5 Å². The first-order chi connectivity index (χ1) is 12.8. The Morgan fingerprint density at radius 3 is 2.52 bits per heavy atom. The van der Waals surface area contributed by atoms with Crippen LogP contribution in [-0.4, -0.2) is 29.3 Å². The summed E-state index contributed by atoms with van der Waals surface area (Å²) in [6, 6.07) is 14.3. The van der Waals surface area contributed by atoms with Gasteiger partial charge in [-0.25, -0.2) is 4.79 Å². The fourth-order valence-electron chi connectivity index (χ4n) is 3.14. The predicted octanol–water partition coefficient (Wildman–Crippen LogP) is 2.96. The number of amides is 4. The summed E-state index contributed by atoms with van der Waals surface area (Å²) in [6.45, 7) is 5.30. The number of nitrogens with zero attached hydrogens (tertiary/aromatic N) is 1. The van der Waals surface area contributed by atoms with Crippen molar-refractivity contribution in [1.29, 1.82) is 0 Å². The largest absolute Gasteiger partial charge is 0.325 e. The van der Waals surface area contributed by atoms with E-state index >= 15 is 0 Å². The minimum absolute atomic E-state index is 0.331. The van der Waals surface area contributed by atoms with Gasteiger partial charge in [0.05, 0.1) is 0 Å². The molecule has 1 atom stereocenters. The molecule has 0 radical (unpaired) electrons. The Labute approximate surface area is 158 Å². The maximum Gasteiger partial charge on any atom is 0.325 e. The van der Waals surface area contributed by atoms with Gasteiger partial charge in [-0.05, 0) is 43.5 Å². The van der Waals surface area contributed by atoms with Gasteiger partial charge < -0.3 is 10.6 Å². The Bertz CT molecular complexity index is 892. The Hall–Kier alpha value is -3.15. The first-order valence-electron chi connectivity index (χ1n) is 8.93. The lowest BCUT2D eigenvalue weighted by molar-refractivity contribution is -0.133. The van der Waals surface area contributed by atoms with Crippen molar-refractivity contribution in [1.82, 2.24) is 10.2 Å². The summed E-state index contributed by atoms with van der Waals surface area (Å²) < 4.78 is 0. The molecule has 1 aliphatic rings. The van der Waals surface area contributed by atoms with Crippen LogP contribution in [0.15, 0.2) is 48.5 Å². The summed E-state index contributed by atoms with van der Waals surface area (Å²) in [6.07, 6.45) is 0.853. The number of nitrogens with one attached hydrogen (secondary N) is 2. The van der Waals surface area contributed by atoms with Crippen LogP contribution >= 0.6 is 0 Å². The number of hydrogen-bond acceptors (Lipinski definition) is 3. The number of aryl methyl sites for hydroxylation is 2. The fourth-order valence-corrected chi connectivity index (χ4v) is 3.14. The second-order valence-corrected chi connectivity index (χ2v) is 6.91. The summed E-state index contributed by atoms with van der Waals surface area (Å²) in [5.41, 5.74) is 2.31. The molecule has 0 unspecified atom stereocenters. The van der Waals surface area contributed by atoms with Gasteiger partial charge in [-0.2, -0.15) is 0 Å². The molecule has 1 saturated heterocycles. The molecule has 140 valence electrons. The summed E-state index contributed by atoms with van der Waals surface area (Å²) in [5.74, 6) is -0.853. The van der Waals surface area contributed by atoms with E-state index in [0.717, 1.165) is 22.4 Å². The van der Waals surface area contributed by atoms with Gasteiger partial charge in [0.15, 0.2) is 0 Å². The molecule has 0 aromatic heterocycles. The van der Waals surface area contributed by atoms with Crippen LogP contribution in [0.4, 0.5) is 10.5 Å². The van der Waals surface area contributed by atoms with Crippen molar-refractivity contribution in [3.8, 4) is 0 Å². The van der Waals surface area contributed by atoms with E-state index in [9.17, 15) is 14.4 Å². The third-order valence-electron chi connectivity index (χ3n) is 4.82. The highest BCUT2D eigenvalue weighted by molar-refractivity contribution is 6.10. The number of carbonyl (C=O) groups is 3. The molecule has 0 saturated carbocycles. The van der Waals surface area contributed by atoms with E-state index in [4.69, 9.17) is 0 Å². The number of imide groups is 1. The highest BCUT2D eigenvalue weighted by Crippen LogP contribution is 2.29. The molecule has 6 heteroatoms. The van der Waals surface area contributed by atoms with Crippen LogP contribution in [0.2, 0.25) is 0 Å². The zero-order valence-electron chi connectivity index (χ0n) is 15.7. The third kappa shape index (κ3) is 3.69. The predicted molar refractivity (Wildman–Crippen MR) is 103 cm³/mol. The lowest BCUT2D eigenvalue weighted by Crippen LogP contribution is -2.42. The summed E-state index contributed by atoms with van der Waals surface area (Å²) >= 11 is 0. The first kappa shape index (κ1) is 18.6. The van der Waals surface area contributed by atoms with Gasteiger partial charge in [-0.1, -0.05) is 48.9 Å². The van der Waals surface area contributed by atoms with Gasteiger partial charge in [0.1, 0.15) is 12.1 Å². The van der Waals surface area contributed by atoms with Gasteiger partial charge in [-0.15, -0.1) is 0 Å². The Balaban J connectivity index is 1.73. The highest BCUT2D eigenvalue weighted by atomic mass is 16.2. The topological polar surface area (TPSA) is 78.5 Å². The lowest BCUT2D eigenvalue weighted by atomic mass is 9.91. The number of benzene rings is 2. The monoisotopic (exact) mass is 365 g/mol. The number of hydrogen-bond donors (Lipinski definition) is 2. The molecule has 2 aromatic rings. The summed E-state index contributed by atoms with van der Waals surface area (Å²) in [4.78, 5) is 38.5. The lowest BCUT2D eigenvalue weighted by Gasteiger charge is -2.22. The van der Waals surface area contributed by atoms with Crippen molar-refractivity contribution in [2.24, 2.45) is 0 Å². The quantitative estimate of drug-likeness (QED) is 0.800. The van der Waals surface area contributed by atoms with E-state index < -0.39 is 23.4 Å². The van der Waals surface area contributed by atoms with Crippen molar-refractivity contribution in [2.45, 2.75) is 32.7 Å². The van der Waals surface area contributed by atoms with Crippen molar-refractivity contribution < 1.29 is 14.4 Å². The van der Waals surface area contributed by atoms with Crippen LogP contribution in [0.25, 0.3) is 0 Å². The van der Waals surface area contributed by atoms with Gasteiger partial charge in [0.25, 0.3) is 5.91 Å². The van der Waals surface area contributed by atoms with Gasteiger partial charge >= 0.3 is 6.03 Å². The first-order valence-corrected chi connectivity index (χ1v) is 8.93. The molecule has 0 spiro atoms. The highest BCUT2D eigenvalue weighted by Gasteiger charge is 2.49. The number of rotatable bonds is 5. The van der Waals surface area contributed by atoms with Crippen LogP contribution in [0.3, 0.4) is 0 Å². The fraction of sp³-hybridized carbons (Fsp3) is 0.286. The van der Waals surface area contributed by atoms with E-state index in [-0.39, 0.29) is 6.54 Å². The SMILES string of the molecule is CCc1cccc(NC(=O)CN2C(=O)N[C@](C)(c3ccc(C)cc3)C2=O)c1. The molecule has 1 heterocycles. The summed E-state index contributed by atoms with van der Waals surface area (Å²) in [5, 5.41) is 5.46. The number of urea groups is 1. The average molecular weight is 365 g/mol. The molecule has 6 nitrogen and oxygen atoms in total. The smallest absolute Gasteiger partial charge is 0.325 e. The van der Waals surface area contributed by atoms with Crippen molar-refractivity contribution >= 4 is 23.5 Å². The Kier molecular flexibility index (Phi) is 4.99. The average Bonchev–Trinajstić information content (AvgIpc) is 2.86. The van der Waals surface area contributed by atoms with Crippen molar-refractivity contribution in [3.63, 3.8) is 0 Å². The molecule has 2 aromatic carbocycles. The van der Waals surface area contributed by atoms with Gasteiger partial charge in [-0.3, -0.25) is 14.5 Å². The molecule has 0 aliphatic carbocycles. The zero-order chi connectivity index (χ0) is 19.6. The third-order valence-corrected chi connectivity index (χ3v) is 4.82. The van der Waals surface area contributed by atoms with Gasteiger partial charge in [0.2, 0.25) is 5.91 Å². The molecule has 1 fully saturated rings. The molecule has 2 N–H and O–H groups in total. The molecule has 3 rings (SSSR count). The number of carbonyl (C=O) groups excluding carboxylic acids is 3. The van der Waals surface area contributed by atoms with Crippen LogP contribution in [0.5, 0.6) is 0 Å². The van der Waals surface area contributed by atoms with E-state index in [2.05, 4.69) is 10.6 Å². The molecular formula is C21H23N3O3. The maximum atomic E-state index is 12.9. The van der Waals surface area contributed by atoms with Crippen LogP contribution < -0.4 is 10.6 Å². The number of anilines is 1. The van der Waals surface area contributed by atoms with Gasteiger partial charge in [0, 0.05) is 5.69 Å². The van der Waals surface area contributed by atoms with Crippen molar-refractivity contribution in [2.75, 3.05) is 11.9 Å². The maximum absolute atomic E-state index is 12.9. The normalized spacial score (nSPS) is 19.1. The second kappa shape index (κ2) is 7.23. The second-order valence-electron chi connectivity index (χ2n) is 6.91. The van der Waals surface area contributed by atoms with E-state index in [1.54, 1.807) is 13.0 Å². The molecule has 0 bridgehead atoms.